The number of fused-ring (bicyclic) bond motifs is 9. The summed E-state index contributed by atoms with van der Waals surface area (Å²) in [7, 11) is 0. The van der Waals surface area contributed by atoms with E-state index >= 15 is 0 Å². The zero-order valence-corrected chi connectivity index (χ0v) is 38.4. The highest BCUT2D eigenvalue weighted by Crippen LogP contribution is 2.48. The third-order valence-corrected chi connectivity index (χ3v) is 14.3. The lowest BCUT2D eigenvalue weighted by molar-refractivity contribution is 0.667. The molecule has 3 heterocycles. The highest BCUT2D eigenvalue weighted by molar-refractivity contribution is 6.19. The Morgan fingerprint density at radius 2 is 0.648 bits per heavy atom. The molecule has 0 saturated carbocycles. The molecule has 14 rings (SSSR count). The number of benzene rings is 11. The fourth-order valence-electron chi connectivity index (χ4n) is 11.0. The van der Waals surface area contributed by atoms with Crippen molar-refractivity contribution in [3.8, 4) is 73.1 Å². The Bertz CT molecular complexity index is 4230. The van der Waals surface area contributed by atoms with Crippen molar-refractivity contribution in [2.45, 2.75) is 0 Å². The molecule has 4 heteroatoms. The van der Waals surface area contributed by atoms with Crippen LogP contribution in [0.4, 0.5) is 0 Å². The average molecular weight is 904 g/mol. The molecule has 0 atom stereocenters. The van der Waals surface area contributed by atoms with Crippen molar-refractivity contribution in [1.82, 2.24) is 9.13 Å². The Balaban J connectivity index is 1.16. The van der Waals surface area contributed by atoms with E-state index < -0.39 is 0 Å². The molecule has 3 aromatic heterocycles. The van der Waals surface area contributed by atoms with Gasteiger partial charge in [0.15, 0.2) is 5.58 Å². The lowest BCUT2D eigenvalue weighted by Crippen LogP contribution is -2.07. The van der Waals surface area contributed by atoms with Gasteiger partial charge in [-0.2, -0.15) is 5.26 Å². The first-order chi connectivity index (χ1) is 35.2. The topological polar surface area (TPSA) is 46.8 Å². The first-order valence-electron chi connectivity index (χ1n) is 24.1. The van der Waals surface area contributed by atoms with Gasteiger partial charge >= 0.3 is 0 Å². The number of rotatable bonds is 7. The summed E-state index contributed by atoms with van der Waals surface area (Å²) in [6, 6.07) is 90.9. The molecular weight excluding hydrogens is 863 g/mol. The summed E-state index contributed by atoms with van der Waals surface area (Å²) in [5, 5.41) is 17.9. The van der Waals surface area contributed by atoms with Crippen molar-refractivity contribution in [2.75, 3.05) is 0 Å². The lowest BCUT2D eigenvalue weighted by Gasteiger charge is -2.19. The number of furan rings is 1. The maximum absolute atomic E-state index is 11.7. The highest BCUT2D eigenvalue weighted by Gasteiger charge is 2.29. The van der Waals surface area contributed by atoms with Crippen LogP contribution in [-0.2, 0) is 0 Å². The Hall–Kier alpha value is -9.69. The lowest BCUT2D eigenvalue weighted by atomic mass is 10.0. The second kappa shape index (κ2) is 16.2. The predicted molar refractivity (Wildman–Crippen MR) is 294 cm³/mol. The molecule has 0 N–H and O–H groups in total. The minimum absolute atomic E-state index is 0.537. The number of para-hydroxylation sites is 1. The van der Waals surface area contributed by atoms with Gasteiger partial charge in [0.25, 0.3) is 0 Å². The van der Waals surface area contributed by atoms with Gasteiger partial charge in [0, 0.05) is 37.9 Å². The van der Waals surface area contributed by atoms with Crippen LogP contribution < -0.4 is 0 Å². The largest absolute Gasteiger partial charge is 0.453 e. The van der Waals surface area contributed by atoms with Crippen LogP contribution >= 0.6 is 0 Å². The van der Waals surface area contributed by atoms with Crippen LogP contribution in [0.2, 0.25) is 0 Å². The van der Waals surface area contributed by atoms with E-state index in [1.54, 1.807) is 0 Å². The Kier molecular flexibility index (Phi) is 9.23. The molecule has 0 aliphatic carbocycles. The van der Waals surface area contributed by atoms with Crippen LogP contribution in [0.5, 0.6) is 0 Å². The summed E-state index contributed by atoms with van der Waals surface area (Å²) in [5.74, 6) is 0. The van der Waals surface area contributed by atoms with Crippen LogP contribution in [0.15, 0.2) is 253 Å². The molecule has 71 heavy (non-hydrogen) atoms. The molecule has 330 valence electrons. The summed E-state index contributed by atoms with van der Waals surface area (Å²) in [4.78, 5) is 0. The van der Waals surface area contributed by atoms with Crippen molar-refractivity contribution in [1.29, 1.82) is 5.26 Å². The minimum Gasteiger partial charge on any atom is -0.453 e. The SMILES string of the molecule is N#Cc1cc2c(oc3c(-c4ccccc4)cccc32)c(-n2c3ccc(-c4ccccc4)cc3c3cc(-c4ccccc4)ccc32)c1-n1c2ccc(-c3ccccc3)cc2c2cc(-c3ccccc3)ccc21. The van der Waals surface area contributed by atoms with E-state index in [1.807, 2.05) is 6.07 Å². The van der Waals surface area contributed by atoms with E-state index in [2.05, 4.69) is 258 Å². The van der Waals surface area contributed by atoms with Crippen LogP contribution in [0.3, 0.4) is 0 Å². The molecule has 0 bridgehead atoms. The Labute approximate surface area is 409 Å². The van der Waals surface area contributed by atoms with Gasteiger partial charge in [0.05, 0.1) is 33.3 Å². The molecular formula is C67H41N3O. The van der Waals surface area contributed by atoms with E-state index in [4.69, 9.17) is 4.42 Å². The second-order valence-corrected chi connectivity index (χ2v) is 18.3. The van der Waals surface area contributed by atoms with Crippen LogP contribution in [0.1, 0.15) is 5.56 Å². The van der Waals surface area contributed by atoms with Gasteiger partial charge in [0.2, 0.25) is 0 Å². The standard InChI is InChI=1S/C67H41N3O/c68-42-52-41-59-54-28-16-27-53(47-25-14-5-15-26-47)66(54)71-67(59)65(70-62-35-31-50(45-21-10-3-11-22-45)39-57(62)58-40-51(32-36-63(58)70)46-23-12-4-13-24-46)64(52)69-60-33-29-48(43-17-6-1-7-18-43)37-55(60)56-38-49(30-34-61(56)69)44-19-8-2-9-20-44/h1-41H. The maximum atomic E-state index is 11.7. The third kappa shape index (κ3) is 6.45. The minimum atomic E-state index is 0.537. The van der Waals surface area contributed by atoms with Gasteiger partial charge in [-0.3, -0.25) is 0 Å². The van der Waals surface area contributed by atoms with E-state index in [9.17, 15) is 5.26 Å². The van der Waals surface area contributed by atoms with Gasteiger partial charge in [-0.05, 0) is 105 Å². The maximum Gasteiger partial charge on any atom is 0.161 e. The van der Waals surface area contributed by atoms with E-state index in [0.717, 1.165) is 127 Å². The Morgan fingerprint density at radius 3 is 1.03 bits per heavy atom. The number of hydrogen-bond donors (Lipinski definition) is 0. The second-order valence-electron chi connectivity index (χ2n) is 18.3. The molecule has 0 spiro atoms. The molecule has 0 fully saturated rings. The summed E-state index contributed by atoms with van der Waals surface area (Å²) >= 11 is 0. The highest BCUT2D eigenvalue weighted by atomic mass is 16.3. The van der Waals surface area contributed by atoms with Crippen molar-refractivity contribution in [3.05, 3.63) is 254 Å². The summed E-state index contributed by atoms with van der Waals surface area (Å²) in [6.07, 6.45) is 0. The number of aromatic nitrogens is 2. The summed E-state index contributed by atoms with van der Waals surface area (Å²) in [6.45, 7) is 0. The molecule has 0 saturated heterocycles. The van der Waals surface area contributed by atoms with Crippen molar-refractivity contribution in [3.63, 3.8) is 0 Å². The summed E-state index contributed by atoms with van der Waals surface area (Å²) in [5.41, 5.74) is 18.7. The molecule has 0 aliphatic heterocycles. The smallest absolute Gasteiger partial charge is 0.161 e. The van der Waals surface area contributed by atoms with Gasteiger partial charge in [-0.25, -0.2) is 0 Å². The van der Waals surface area contributed by atoms with Gasteiger partial charge < -0.3 is 13.6 Å². The van der Waals surface area contributed by atoms with Gasteiger partial charge in [-0.15, -0.1) is 0 Å². The normalized spacial score (nSPS) is 11.6. The molecule has 14 aromatic rings. The molecule has 0 unspecified atom stereocenters. The third-order valence-electron chi connectivity index (χ3n) is 14.3. The summed E-state index contributed by atoms with van der Waals surface area (Å²) < 4.78 is 12.1. The van der Waals surface area contributed by atoms with E-state index in [1.165, 1.54) is 0 Å². The fraction of sp³-hybridized carbons (Fsp3) is 0. The van der Waals surface area contributed by atoms with Crippen molar-refractivity contribution < 1.29 is 4.42 Å². The molecule has 0 aliphatic rings. The molecule has 0 radical (unpaired) electrons. The molecule has 11 aromatic carbocycles. The number of nitriles is 1. The monoisotopic (exact) mass is 903 g/mol. The quantitative estimate of drug-likeness (QED) is 0.160. The first-order valence-corrected chi connectivity index (χ1v) is 24.1. The average Bonchev–Trinajstić information content (AvgIpc) is 4.10. The van der Waals surface area contributed by atoms with Gasteiger partial charge in [-0.1, -0.05) is 194 Å². The van der Waals surface area contributed by atoms with E-state index in [-0.39, 0.29) is 0 Å². The fourth-order valence-corrected chi connectivity index (χ4v) is 11.0. The zero-order valence-electron chi connectivity index (χ0n) is 38.4. The number of hydrogen-bond acceptors (Lipinski definition) is 2. The van der Waals surface area contributed by atoms with Crippen LogP contribution in [0.25, 0.3) is 133 Å². The zero-order chi connectivity index (χ0) is 47.0. The first kappa shape index (κ1) is 40.4. The Morgan fingerprint density at radius 1 is 0.282 bits per heavy atom. The van der Waals surface area contributed by atoms with Crippen molar-refractivity contribution in [2.24, 2.45) is 0 Å². The predicted octanol–water partition coefficient (Wildman–Crippen LogP) is 18.0. The number of nitrogens with zero attached hydrogens (tertiary/aromatic N) is 3. The van der Waals surface area contributed by atoms with Gasteiger partial charge in [0.1, 0.15) is 17.3 Å². The molecule has 4 nitrogen and oxygen atoms in total. The van der Waals surface area contributed by atoms with Crippen LogP contribution in [-0.4, -0.2) is 9.13 Å². The van der Waals surface area contributed by atoms with Crippen LogP contribution in [0, 0.1) is 11.3 Å². The van der Waals surface area contributed by atoms with E-state index in [0.29, 0.717) is 11.1 Å². The molecule has 0 amide bonds. The van der Waals surface area contributed by atoms with Crippen molar-refractivity contribution >= 4 is 65.6 Å².